The third-order valence-electron chi connectivity index (χ3n) is 9.69. The van der Waals surface area contributed by atoms with Gasteiger partial charge in [0, 0.05) is 32.1 Å². The first-order valence-corrected chi connectivity index (χ1v) is 16.8. The zero-order chi connectivity index (χ0) is 33.1. The molecule has 1 aliphatic heterocycles. The molecule has 10 heteroatoms. The first kappa shape index (κ1) is 32.9. The molecule has 3 heterocycles. The van der Waals surface area contributed by atoms with Crippen LogP contribution in [0.15, 0.2) is 70.4 Å². The monoisotopic (exact) mass is 640 g/mol. The Morgan fingerprint density at radius 2 is 1.70 bits per heavy atom. The molecule has 9 nitrogen and oxygen atoms in total. The minimum atomic E-state index is -0.629. The standard InChI is InChI=1S/C37H45FN6O3/c1-40(2)25-33(45)20-26-10-14-31(15-11-26)44-36(46)34-22-30(38)23-39-35(34)43(37(44)47)32-7-4-6-29(21-32)28-12-8-27(9-13-28)24-42-17-5-16-41(3)18-19-42/h4,6-9,12-13,21-23,26,31H,5,10-11,14-20,24-25H2,1-3H3. The average Bonchev–Trinajstić information content (AvgIpc) is 3.26. The van der Waals surface area contributed by atoms with Crippen molar-refractivity contribution >= 4 is 16.8 Å². The molecular weight excluding hydrogens is 595 g/mol. The van der Waals surface area contributed by atoms with Gasteiger partial charge in [-0.1, -0.05) is 36.4 Å². The Morgan fingerprint density at radius 3 is 2.45 bits per heavy atom. The molecule has 1 aliphatic carbocycles. The predicted octanol–water partition coefficient (Wildman–Crippen LogP) is 4.74. The Balaban J connectivity index is 1.29. The number of aromatic nitrogens is 3. The van der Waals surface area contributed by atoms with Gasteiger partial charge in [-0.25, -0.2) is 18.7 Å². The zero-order valence-corrected chi connectivity index (χ0v) is 27.7. The summed E-state index contributed by atoms with van der Waals surface area (Å²) in [5.74, 6) is -0.203. The highest BCUT2D eigenvalue weighted by atomic mass is 19.1. The smallest absolute Gasteiger partial charge is 0.305 e. The van der Waals surface area contributed by atoms with Crippen LogP contribution in [0.4, 0.5) is 4.39 Å². The molecule has 2 aromatic heterocycles. The van der Waals surface area contributed by atoms with Crippen LogP contribution in [-0.2, 0) is 11.3 Å². The summed E-state index contributed by atoms with van der Waals surface area (Å²) in [5, 5.41) is 0.0716. The van der Waals surface area contributed by atoms with Gasteiger partial charge in [0.2, 0.25) is 0 Å². The molecule has 0 N–H and O–H groups in total. The minimum absolute atomic E-state index is 0.0716. The molecule has 2 aliphatic rings. The Labute approximate surface area is 275 Å². The summed E-state index contributed by atoms with van der Waals surface area (Å²) in [5.41, 5.74) is 2.88. The van der Waals surface area contributed by atoms with Crippen molar-refractivity contribution in [1.29, 1.82) is 0 Å². The van der Waals surface area contributed by atoms with Gasteiger partial charge in [-0.05, 0) is 107 Å². The van der Waals surface area contributed by atoms with Crippen LogP contribution in [0.2, 0.25) is 0 Å². The average molecular weight is 641 g/mol. The quantitative estimate of drug-likeness (QED) is 0.261. The maximum absolute atomic E-state index is 14.5. The molecule has 1 saturated heterocycles. The summed E-state index contributed by atoms with van der Waals surface area (Å²) in [6.07, 6.45) is 5.41. The summed E-state index contributed by atoms with van der Waals surface area (Å²) in [7, 11) is 5.94. The Bertz CT molecular complexity index is 1840. The van der Waals surface area contributed by atoms with E-state index in [1.165, 1.54) is 27.2 Å². The van der Waals surface area contributed by atoms with E-state index >= 15 is 0 Å². The molecule has 248 valence electrons. The van der Waals surface area contributed by atoms with Gasteiger partial charge in [-0.2, -0.15) is 0 Å². The molecule has 0 radical (unpaired) electrons. The van der Waals surface area contributed by atoms with Gasteiger partial charge in [0.05, 0.1) is 23.8 Å². The third kappa shape index (κ3) is 7.61. The number of pyridine rings is 1. The van der Waals surface area contributed by atoms with Crippen LogP contribution in [0, 0.1) is 11.7 Å². The molecule has 0 spiro atoms. The number of halogens is 1. The summed E-state index contributed by atoms with van der Waals surface area (Å²) < 4.78 is 17.2. The second-order valence-corrected chi connectivity index (χ2v) is 13.7. The van der Waals surface area contributed by atoms with Gasteiger partial charge >= 0.3 is 5.69 Å². The number of carbonyl (C=O) groups is 1. The second kappa shape index (κ2) is 14.4. The van der Waals surface area contributed by atoms with E-state index in [2.05, 4.69) is 46.1 Å². The van der Waals surface area contributed by atoms with Crippen LogP contribution < -0.4 is 11.2 Å². The maximum Gasteiger partial charge on any atom is 0.337 e. The van der Waals surface area contributed by atoms with E-state index in [9.17, 15) is 18.8 Å². The number of ketones is 1. The highest BCUT2D eigenvalue weighted by Gasteiger charge is 2.28. The molecule has 47 heavy (non-hydrogen) atoms. The molecule has 0 amide bonds. The highest BCUT2D eigenvalue weighted by molar-refractivity contribution is 5.80. The number of carbonyl (C=O) groups excluding carboxylic acids is 1. The van der Waals surface area contributed by atoms with Crippen LogP contribution in [0.1, 0.15) is 50.1 Å². The first-order valence-electron chi connectivity index (χ1n) is 16.8. The van der Waals surface area contributed by atoms with E-state index in [-0.39, 0.29) is 28.8 Å². The van der Waals surface area contributed by atoms with E-state index in [4.69, 9.17) is 0 Å². The normalized spacial score (nSPS) is 19.7. The second-order valence-electron chi connectivity index (χ2n) is 13.7. The number of Topliss-reactive ketones (excluding diaryl/α,β-unsaturated/α-hetero) is 1. The summed E-state index contributed by atoms with van der Waals surface area (Å²) >= 11 is 0. The fourth-order valence-electron chi connectivity index (χ4n) is 7.23. The number of hydrogen-bond acceptors (Lipinski definition) is 7. The number of benzene rings is 2. The summed E-state index contributed by atoms with van der Waals surface area (Å²) in [6, 6.07) is 17.0. The fraction of sp³-hybridized carbons (Fsp3) is 0.459. The fourth-order valence-corrected chi connectivity index (χ4v) is 7.23. The largest absolute Gasteiger partial charge is 0.337 e. The van der Waals surface area contributed by atoms with Crippen LogP contribution >= 0.6 is 0 Å². The predicted molar refractivity (Wildman–Crippen MR) is 184 cm³/mol. The molecule has 0 atom stereocenters. The lowest BCUT2D eigenvalue weighted by atomic mass is 9.83. The lowest BCUT2D eigenvalue weighted by Gasteiger charge is -2.29. The lowest BCUT2D eigenvalue weighted by molar-refractivity contribution is -0.120. The molecule has 0 bridgehead atoms. The van der Waals surface area contributed by atoms with E-state index in [0.717, 1.165) is 62.9 Å². The van der Waals surface area contributed by atoms with Crippen molar-refractivity contribution in [1.82, 2.24) is 28.8 Å². The van der Waals surface area contributed by atoms with Gasteiger partial charge in [-0.15, -0.1) is 0 Å². The van der Waals surface area contributed by atoms with Gasteiger partial charge in [0.1, 0.15) is 11.6 Å². The molecule has 6 rings (SSSR count). The number of likely N-dealkylation sites (N-methyl/N-ethyl adjacent to an activating group) is 2. The van der Waals surface area contributed by atoms with Gasteiger partial charge in [0.15, 0.2) is 5.65 Å². The SMILES string of the molecule is CN(C)CC(=O)CC1CCC(n2c(=O)c3cc(F)cnc3n(-c3cccc(-c4ccc(CN5CCCN(C)CC5)cc4)c3)c2=O)CC1. The van der Waals surface area contributed by atoms with E-state index < -0.39 is 17.1 Å². The molecule has 2 fully saturated rings. The third-order valence-corrected chi connectivity index (χ3v) is 9.69. The van der Waals surface area contributed by atoms with Crippen molar-refractivity contribution < 1.29 is 9.18 Å². The van der Waals surface area contributed by atoms with Crippen molar-refractivity contribution in [3.63, 3.8) is 0 Å². The van der Waals surface area contributed by atoms with Crippen LogP contribution in [0.25, 0.3) is 27.8 Å². The number of fused-ring (bicyclic) bond motifs is 1. The van der Waals surface area contributed by atoms with Gasteiger partial charge < -0.3 is 9.80 Å². The van der Waals surface area contributed by atoms with Crippen molar-refractivity contribution in [3.05, 3.63) is 93.0 Å². The highest BCUT2D eigenvalue weighted by Crippen LogP contribution is 2.33. The van der Waals surface area contributed by atoms with Crippen LogP contribution in [-0.4, -0.2) is 88.5 Å². The van der Waals surface area contributed by atoms with Gasteiger partial charge in [-0.3, -0.25) is 19.1 Å². The Morgan fingerprint density at radius 1 is 0.936 bits per heavy atom. The molecule has 1 saturated carbocycles. The van der Waals surface area contributed by atoms with Crippen molar-refractivity contribution in [3.8, 4) is 16.8 Å². The molecule has 0 unspecified atom stereocenters. The topological polar surface area (TPSA) is 83.7 Å². The summed E-state index contributed by atoms with van der Waals surface area (Å²) in [6.45, 7) is 5.68. The van der Waals surface area contributed by atoms with Crippen molar-refractivity contribution in [2.24, 2.45) is 5.92 Å². The molecular formula is C37H45FN6O3. The van der Waals surface area contributed by atoms with E-state index in [1.807, 2.05) is 43.3 Å². The molecule has 2 aromatic carbocycles. The number of nitrogens with zero attached hydrogens (tertiary/aromatic N) is 6. The Hall–Kier alpha value is -3.99. The molecule has 4 aromatic rings. The number of hydrogen-bond donors (Lipinski definition) is 0. The van der Waals surface area contributed by atoms with Crippen molar-refractivity contribution in [2.45, 2.75) is 51.1 Å². The minimum Gasteiger partial charge on any atom is -0.305 e. The lowest BCUT2D eigenvalue weighted by Crippen LogP contribution is -2.43. The first-order chi connectivity index (χ1) is 22.7. The van der Waals surface area contributed by atoms with E-state index in [1.54, 1.807) is 0 Å². The van der Waals surface area contributed by atoms with Crippen LogP contribution in [0.5, 0.6) is 0 Å². The van der Waals surface area contributed by atoms with Crippen LogP contribution in [0.3, 0.4) is 0 Å². The van der Waals surface area contributed by atoms with E-state index in [0.29, 0.717) is 31.5 Å². The number of rotatable bonds is 9. The van der Waals surface area contributed by atoms with Gasteiger partial charge in [0.25, 0.3) is 5.56 Å². The van der Waals surface area contributed by atoms with Crippen molar-refractivity contribution in [2.75, 3.05) is 53.9 Å². The zero-order valence-electron chi connectivity index (χ0n) is 27.7. The Kier molecular flexibility index (Phi) is 10.1. The summed E-state index contributed by atoms with van der Waals surface area (Å²) in [4.78, 5) is 51.4. The maximum atomic E-state index is 14.5.